The van der Waals surface area contributed by atoms with Gasteiger partial charge in [-0.2, -0.15) is 5.82 Å². The highest BCUT2D eigenvalue weighted by molar-refractivity contribution is 8.77. The van der Waals surface area contributed by atoms with Crippen LogP contribution in [0.5, 0.6) is 5.75 Å². The minimum absolute atomic E-state index is 0.00769. The molecule has 13 nitrogen and oxygen atoms in total. The van der Waals surface area contributed by atoms with Gasteiger partial charge in [-0.1, -0.05) is 94.1 Å². The van der Waals surface area contributed by atoms with Gasteiger partial charge in [0.25, 0.3) is 5.91 Å². The molecule has 5 N–H and O–H groups in total. The Balaban J connectivity index is 1.34. The van der Waals surface area contributed by atoms with E-state index in [2.05, 4.69) is 43.1 Å². The molecule has 1 fully saturated rings. The summed E-state index contributed by atoms with van der Waals surface area (Å²) in [6.07, 6.45) is 1.50. The van der Waals surface area contributed by atoms with Gasteiger partial charge in [-0.15, -0.1) is 0 Å². The summed E-state index contributed by atoms with van der Waals surface area (Å²) in [6, 6.07) is 15.4. The summed E-state index contributed by atoms with van der Waals surface area (Å²) < 4.78 is 35.1. The highest BCUT2D eigenvalue weighted by Crippen LogP contribution is 2.38. The maximum atomic E-state index is 12.4. The van der Waals surface area contributed by atoms with E-state index in [9.17, 15) is 19.5 Å². The fourth-order valence-electron chi connectivity index (χ4n) is 4.76. The first-order valence-electron chi connectivity index (χ1n) is 17.8. The van der Waals surface area contributed by atoms with Crippen molar-refractivity contribution in [2.24, 2.45) is 5.73 Å². The molecule has 302 valence electrons. The Bertz CT molecular complexity index is 1520. The SMILES string of the molecule is CSS[C@H](COC(=O)c1ccccc1)O[C@@H]1C[C@H](BC#CCNC(=O)COCCOC(COc2cccc(C(=O)NCCN)c2)SSC(C)(C)C)OC1CO. The molecular weight excluding hydrogens is 785 g/mol. The van der Waals surface area contributed by atoms with E-state index in [1.165, 1.54) is 21.6 Å². The van der Waals surface area contributed by atoms with E-state index in [1.54, 1.807) is 70.1 Å². The van der Waals surface area contributed by atoms with Gasteiger partial charge in [-0.05, 0) is 43.0 Å². The van der Waals surface area contributed by atoms with E-state index in [-0.39, 0.29) is 74.2 Å². The molecule has 0 aliphatic carbocycles. The Morgan fingerprint density at radius 3 is 2.55 bits per heavy atom. The fraction of sp³-hybridized carbons (Fsp3) is 0.541. The molecule has 0 aromatic heterocycles. The highest BCUT2D eigenvalue weighted by atomic mass is 33.1. The summed E-state index contributed by atoms with van der Waals surface area (Å²) in [4.78, 5) is 37.0. The summed E-state index contributed by atoms with van der Waals surface area (Å²) in [5.74, 6) is 5.55. The van der Waals surface area contributed by atoms with Gasteiger partial charge in [0.1, 0.15) is 42.5 Å². The van der Waals surface area contributed by atoms with Gasteiger partial charge in [-0.3, -0.25) is 9.59 Å². The van der Waals surface area contributed by atoms with Crippen LogP contribution in [0.3, 0.4) is 0 Å². The Morgan fingerprint density at radius 2 is 1.82 bits per heavy atom. The summed E-state index contributed by atoms with van der Waals surface area (Å²) >= 11 is 0. The first-order valence-corrected chi connectivity index (χ1v) is 22.7. The van der Waals surface area contributed by atoms with Crippen LogP contribution in [0.2, 0.25) is 0 Å². The fourth-order valence-corrected chi connectivity index (χ4v) is 8.42. The van der Waals surface area contributed by atoms with Crippen LogP contribution in [0.15, 0.2) is 54.6 Å². The van der Waals surface area contributed by atoms with Crippen molar-refractivity contribution in [1.82, 2.24) is 10.6 Å². The molecule has 0 radical (unpaired) electrons. The second-order valence-electron chi connectivity index (χ2n) is 12.9. The van der Waals surface area contributed by atoms with Crippen molar-refractivity contribution in [3.8, 4) is 17.5 Å². The monoisotopic (exact) mass is 837 g/mol. The van der Waals surface area contributed by atoms with Crippen molar-refractivity contribution >= 4 is 68.2 Å². The molecule has 0 saturated carbocycles. The number of carbonyl (C=O) groups is 3. The van der Waals surface area contributed by atoms with Crippen LogP contribution in [-0.2, 0) is 28.5 Å². The molecule has 2 unspecified atom stereocenters. The Kier molecular flexibility index (Phi) is 22.4. The molecule has 0 bridgehead atoms. The summed E-state index contributed by atoms with van der Waals surface area (Å²) in [5, 5.41) is 15.4. The average molecular weight is 838 g/mol. The van der Waals surface area contributed by atoms with Crippen molar-refractivity contribution in [3.63, 3.8) is 0 Å². The van der Waals surface area contributed by atoms with Gasteiger partial charge >= 0.3 is 5.97 Å². The molecule has 1 aliphatic heterocycles. The van der Waals surface area contributed by atoms with E-state index in [1.807, 2.05) is 12.3 Å². The smallest absolute Gasteiger partial charge is 0.338 e. The molecule has 3 rings (SSSR count). The standard InChI is InChI=1S/C37H52BN3O10S4/c1-37(2,3)55-54-33(24-48-28-13-8-12-27(20-28)35(44)41-17-15-39)47-19-18-46-23-32(43)40-16-9-14-38-31-21-29(30(22-42)50-31)51-34(53-52-4)25-49-36(45)26-10-6-5-7-11-26/h5-8,10-13,20,29-31,33-34,38,42H,15-19,21-25,39H2,1-4H3,(H,40,43)(H,41,44)/t29-,30?,31-,33?,34-/m1/s1. The van der Waals surface area contributed by atoms with Gasteiger partial charge < -0.3 is 49.9 Å². The number of carbonyl (C=O) groups excluding carboxylic acids is 3. The quantitative estimate of drug-likeness (QED) is 0.0302. The second kappa shape index (κ2) is 26.4. The van der Waals surface area contributed by atoms with Gasteiger partial charge in [-0.25, -0.2) is 4.79 Å². The lowest BCUT2D eigenvalue weighted by atomic mass is 9.71. The average Bonchev–Trinajstić information content (AvgIpc) is 3.57. The van der Waals surface area contributed by atoms with E-state index in [0.717, 1.165) is 0 Å². The molecule has 5 atom stereocenters. The van der Waals surface area contributed by atoms with E-state index < -0.39 is 23.6 Å². The molecule has 1 saturated heterocycles. The van der Waals surface area contributed by atoms with Crippen molar-refractivity contribution in [3.05, 3.63) is 65.7 Å². The molecule has 2 amide bonds. The zero-order valence-electron chi connectivity index (χ0n) is 31.7. The van der Waals surface area contributed by atoms with Crippen LogP contribution < -0.4 is 21.1 Å². The van der Waals surface area contributed by atoms with E-state index in [4.69, 9.17) is 34.2 Å². The van der Waals surface area contributed by atoms with Crippen LogP contribution in [0.1, 0.15) is 47.9 Å². The van der Waals surface area contributed by atoms with Crippen LogP contribution in [0, 0.1) is 11.7 Å². The van der Waals surface area contributed by atoms with Crippen molar-refractivity contribution < 1.29 is 47.9 Å². The third kappa shape index (κ3) is 19.4. The van der Waals surface area contributed by atoms with Crippen LogP contribution in [0.4, 0.5) is 0 Å². The molecule has 18 heteroatoms. The first-order chi connectivity index (χ1) is 26.5. The number of aliphatic hydroxyl groups excluding tert-OH is 1. The lowest BCUT2D eigenvalue weighted by molar-refractivity contribution is -0.126. The number of rotatable bonds is 24. The highest BCUT2D eigenvalue weighted by Gasteiger charge is 2.37. The Hall–Kier alpha value is -2.57. The largest absolute Gasteiger partial charge is 0.490 e. The van der Waals surface area contributed by atoms with Gasteiger partial charge in [0, 0.05) is 29.4 Å². The summed E-state index contributed by atoms with van der Waals surface area (Å²) in [5.41, 5.74) is 5.65. The summed E-state index contributed by atoms with van der Waals surface area (Å²) in [6.45, 7) is 7.59. The lowest BCUT2D eigenvalue weighted by Gasteiger charge is -2.23. The Morgan fingerprint density at radius 1 is 1.04 bits per heavy atom. The van der Waals surface area contributed by atoms with Crippen LogP contribution >= 0.6 is 43.2 Å². The van der Waals surface area contributed by atoms with Gasteiger partial charge in [0.05, 0.1) is 38.0 Å². The predicted molar refractivity (Wildman–Crippen MR) is 224 cm³/mol. The van der Waals surface area contributed by atoms with Crippen LogP contribution in [0.25, 0.3) is 0 Å². The molecule has 55 heavy (non-hydrogen) atoms. The molecular formula is C37H52BN3O10S4. The number of aliphatic hydroxyl groups is 1. The predicted octanol–water partition coefficient (Wildman–Crippen LogP) is 3.49. The molecule has 2 aromatic carbocycles. The normalized spacial score (nSPS) is 17.7. The molecule has 1 aliphatic rings. The number of esters is 1. The second-order valence-corrected chi connectivity index (χ2v) is 18.7. The maximum Gasteiger partial charge on any atom is 0.338 e. The van der Waals surface area contributed by atoms with Gasteiger partial charge in [0.15, 0.2) is 0 Å². The molecule has 1 heterocycles. The van der Waals surface area contributed by atoms with E-state index >= 15 is 0 Å². The number of ether oxygens (including phenoxy) is 6. The van der Waals surface area contributed by atoms with Crippen molar-refractivity contribution in [2.45, 2.75) is 61.0 Å². The third-order valence-electron chi connectivity index (χ3n) is 7.26. The summed E-state index contributed by atoms with van der Waals surface area (Å²) in [7, 11) is 6.54. The number of amides is 2. The zero-order chi connectivity index (χ0) is 39.9. The minimum atomic E-state index is -0.528. The number of hydrogen-bond donors (Lipinski definition) is 4. The number of nitrogens with one attached hydrogen (secondary N) is 2. The number of hydrogen-bond acceptors (Lipinski definition) is 15. The Labute approximate surface area is 340 Å². The molecule has 2 aromatic rings. The first kappa shape index (κ1) is 46.8. The van der Waals surface area contributed by atoms with Gasteiger partial charge in [0.2, 0.25) is 13.2 Å². The topological polar surface area (TPSA) is 177 Å². The minimum Gasteiger partial charge on any atom is -0.490 e. The van der Waals surface area contributed by atoms with E-state index in [0.29, 0.717) is 43.7 Å². The zero-order valence-corrected chi connectivity index (χ0v) is 35.0. The molecule has 0 spiro atoms. The lowest BCUT2D eigenvalue weighted by Crippen LogP contribution is -2.32. The third-order valence-corrected chi connectivity index (χ3v) is 12.6. The number of nitrogens with two attached hydrogens (primary N) is 1. The van der Waals surface area contributed by atoms with Crippen molar-refractivity contribution in [1.29, 1.82) is 0 Å². The van der Waals surface area contributed by atoms with Crippen molar-refractivity contribution in [2.75, 3.05) is 65.5 Å². The van der Waals surface area contributed by atoms with Crippen LogP contribution in [-0.4, -0.2) is 130 Å². The maximum absolute atomic E-state index is 12.4. The number of benzene rings is 2.